The molecule has 0 aliphatic rings. The van der Waals surface area contributed by atoms with Gasteiger partial charge in [-0.15, -0.1) is 0 Å². The zero-order chi connectivity index (χ0) is 12.2. The number of ether oxygens (including phenoxy) is 1. The fourth-order valence-corrected chi connectivity index (χ4v) is 1.16. The van der Waals surface area contributed by atoms with Crippen molar-refractivity contribution in [3.8, 4) is 5.88 Å². The van der Waals surface area contributed by atoms with Crippen molar-refractivity contribution in [1.29, 1.82) is 0 Å². The van der Waals surface area contributed by atoms with E-state index in [1.807, 2.05) is 0 Å². The molecule has 0 atom stereocenters. The first kappa shape index (κ1) is 13.1. The fraction of sp³-hybridized carbons (Fsp3) is 0.444. The molecule has 1 aromatic rings. The predicted molar refractivity (Wildman–Crippen MR) is 53.7 cm³/mol. The number of rotatable bonds is 4. The number of pyridine rings is 1. The highest BCUT2D eigenvalue weighted by Crippen LogP contribution is 2.32. The minimum Gasteiger partial charge on any atom is -0.475 e. The monoisotopic (exact) mass is 254 g/mol. The zero-order valence-corrected chi connectivity index (χ0v) is 9.19. The van der Waals surface area contributed by atoms with Crippen LogP contribution >= 0.6 is 11.6 Å². The van der Waals surface area contributed by atoms with Crippen LogP contribution < -0.4 is 10.1 Å². The van der Waals surface area contributed by atoms with Gasteiger partial charge in [-0.2, -0.15) is 13.2 Å². The molecule has 90 valence electrons. The van der Waals surface area contributed by atoms with E-state index in [0.29, 0.717) is 12.7 Å². The first-order chi connectivity index (χ1) is 7.45. The average molecular weight is 255 g/mol. The van der Waals surface area contributed by atoms with E-state index >= 15 is 0 Å². The van der Waals surface area contributed by atoms with Gasteiger partial charge in [-0.3, -0.25) is 0 Å². The molecule has 0 saturated carbocycles. The molecule has 16 heavy (non-hydrogen) atoms. The van der Waals surface area contributed by atoms with E-state index in [-0.39, 0.29) is 17.5 Å². The Kier molecular flexibility index (Phi) is 4.37. The average Bonchev–Trinajstić information content (AvgIpc) is 2.19. The maximum absolute atomic E-state index is 12.3. The molecule has 1 N–H and O–H groups in total. The summed E-state index contributed by atoms with van der Waals surface area (Å²) >= 11 is 5.61. The molecule has 1 rings (SSSR count). The molecule has 0 aliphatic carbocycles. The quantitative estimate of drug-likeness (QED) is 0.838. The van der Waals surface area contributed by atoms with E-state index in [4.69, 9.17) is 16.3 Å². The summed E-state index contributed by atoms with van der Waals surface area (Å²) in [7, 11) is 1.73. The van der Waals surface area contributed by atoms with E-state index in [1.165, 1.54) is 0 Å². The molecule has 0 aromatic carbocycles. The van der Waals surface area contributed by atoms with Crippen LogP contribution in [0.4, 0.5) is 13.2 Å². The molecule has 0 radical (unpaired) electrons. The summed E-state index contributed by atoms with van der Waals surface area (Å²) in [5.41, 5.74) is -0.890. The van der Waals surface area contributed by atoms with Gasteiger partial charge in [0.15, 0.2) is 0 Å². The van der Waals surface area contributed by atoms with Gasteiger partial charge in [-0.25, -0.2) is 4.98 Å². The lowest BCUT2D eigenvalue weighted by Crippen LogP contribution is -2.16. The Hall–Kier alpha value is -1.01. The van der Waals surface area contributed by atoms with Crippen LogP contribution in [0, 0.1) is 0 Å². The molecule has 1 aromatic heterocycles. The van der Waals surface area contributed by atoms with E-state index < -0.39 is 11.7 Å². The predicted octanol–water partition coefficient (Wildman–Crippen LogP) is 2.35. The van der Waals surface area contributed by atoms with Crippen molar-refractivity contribution in [3.05, 3.63) is 22.8 Å². The summed E-state index contributed by atoms with van der Waals surface area (Å²) in [6, 6.07) is 0.795. The normalized spacial score (nSPS) is 11.6. The summed E-state index contributed by atoms with van der Waals surface area (Å²) in [5, 5.41) is 2.67. The van der Waals surface area contributed by atoms with Gasteiger partial charge in [-0.05, 0) is 13.1 Å². The van der Waals surface area contributed by atoms with Gasteiger partial charge in [0, 0.05) is 12.7 Å². The Bertz CT molecular complexity index is 357. The van der Waals surface area contributed by atoms with Gasteiger partial charge in [0.05, 0.1) is 5.56 Å². The molecule has 0 amide bonds. The van der Waals surface area contributed by atoms with Gasteiger partial charge in [-0.1, -0.05) is 11.6 Å². The van der Waals surface area contributed by atoms with Crippen LogP contribution in [0.15, 0.2) is 12.3 Å². The van der Waals surface area contributed by atoms with Crippen molar-refractivity contribution in [3.63, 3.8) is 0 Å². The molecular weight excluding hydrogens is 245 g/mol. The molecule has 0 spiro atoms. The summed E-state index contributed by atoms with van der Waals surface area (Å²) in [5.74, 6) is 0.00455. The zero-order valence-electron chi connectivity index (χ0n) is 8.44. The van der Waals surface area contributed by atoms with Crippen LogP contribution in [-0.4, -0.2) is 25.2 Å². The number of alkyl halides is 3. The lowest BCUT2D eigenvalue weighted by molar-refractivity contribution is -0.137. The van der Waals surface area contributed by atoms with Crippen LogP contribution in [0.5, 0.6) is 5.88 Å². The summed E-state index contributed by atoms with van der Waals surface area (Å²) in [6.07, 6.45) is -3.75. The van der Waals surface area contributed by atoms with E-state index in [2.05, 4.69) is 10.3 Å². The number of aromatic nitrogens is 1. The first-order valence-corrected chi connectivity index (χ1v) is 4.83. The van der Waals surface area contributed by atoms with Crippen molar-refractivity contribution >= 4 is 11.6 Å². The minimum absolute atomic E-state index is 0.00455. The Labute approximate surface area is 95.6 Å². The molecule has 7 heteroatoms. The summed E-state index contributed by atoms with van der Waals surface area (Å²) < 4.78 is 41.8. The van der Waals surface area contributed by atoms with E-state index in [9.17, 15) is 13.2 Å². The molecular formula is C9H10ClF3N2O. The van der Waals surface area contributed by atoms with Gasteiger partial charge in [0.1, 0.15) is 11.6 Å². The lowest BCUT2D eigenvalue weighted by atomic mass is 10.3. The van der Waals surface area contributed by atoms with Crippen LogP contribution in [0.2, 0.25) is 5.02 Å². The number of nitrogens with one attached hydrogen (secondary N) is 1. The fourth-order valence-electron chi connectivity index (χ4n) is 0.936. The van der Waals surface area contributed by atoms with Gasteiger partial charge >= 0.3 is 6.18 Å². The summed E-state index contributed by atoms with van der Waals surface area (Å²) in [4.78, 5) is 3.51. The van der Waals surface area contributed by atoms with Gasteiger partial charge in [0.25, 0.3) is 0 Å². The third kappa shape index (κ3) is 3.53. The van der Waals surface area contributed by atoms with Gasteiger partial charge < -0.3 is 10.1 Å². The molecule has 0 fully saturated rings. The van der Waals surface area contributed by atoms with E-state index in [0.717, 1.165) is 6.07 Å². The molecule has 0 saturated heterocycles. The maximum atomic E-state index is 12.3. The van der Waals surface area contributed by atoms with Gasteiger partial charge in [0.2, 0.25) is 5.88 Å². The molecule has 3 nitrogen and oxygen atoms in total. The Morgan fingerprint density at radius 3 is 2.69 bits per heavy atom. The molecule has 0 bridgehead atoms. The highest BCUT2D eigenvalue weighted by molar-refractivity contribution is 6.31. The number of nitrogens with zero attached hydrogens (tertiary/aromatic N) is 1. The smallest absolute Gasteiger partial charge is 0.417 e. The lowest BCUT2D eigenvalue weighted by Gasteiger charge is -2.09. The topological polar surface area (TPSA) is 34.1 Å². The second-order valence-corrected chi connectivity index (χ2v) is 3.37. The van der Waals surface area contributed by atoms with Crippen molar-refractivity contribution in [1.82, 2.24) is 10.3 Å². The largest absolute Gasteiger partial charge is 0.475 e. The Balaban J connectivity index is 2.76. The van der Waals surface area contributed by atoms with Crippen molar-refractivity contribution in [2.45, 2.75) is 6.18 Å². The second-order valence-electron chi connectivity index (χ2n) is 2.96. The number of hydrogen-bond donors (Lipinski definition) is 1. The van der Waals surface area contributed by atoms with Crippen LogP contribution in [0.3, 0.4) is 0 Å². The van der Waals surface area contributed by atoms with Crippen molar-refractivity contribution < 1.29 is 17.9 Å². The second kappa shape index (κ2) is 5.36. The third-order valence-electron chi connectivity index (χ3n) is 1.73. The Morgan fingerprint density at radius 1 is 1.50 bits per heavy atom. The van der Waals surface area contributed by atoms with Crippen LogP contribution in [0.25, 0.3) is 0 Å². The van der Waals surface area contributed by atoms with Crippen molar-refractivity contribution in [2.75, 3.05) is 20.2 Å². The van der Waals surface area contributed by atoms with Crippen LogP contribution in [-0.2, 0) is 6.18 Å². The highest BCUT2D eigenvalue weighted by Gasteiger charge is 2.31. The first-order valence-electron chi connectivity index (χ1n) is 4.45. The maximum Gasteiger partial charge on any atom is 0.417 e. The summed E-state index contributed by atoms with van der Waals surface area (Å²) in [6.45, 7) is 0.841. The highest BCUT2D eigenvalue weighted by atomic mass is 35.5. The number of likely N-dealkylation sites (N-methyl/N-ethyl adjacent to an activating group) is 1. The van der Waals surface area contributed by atoms with Crippen LogP contribution in [0.1, 0.15) is 5.56 Å². The SMILES string of the molecule is CNCCOc1ncc(C(F)(F)F)cc1Cl. The number of hydrogen-bond acceptors (Lipinski definition) is 3. The third-order valence-corrected chi connectivity index (χ3v) is 2.00. The molecule has 1 heterocycles. The van der Waals surface area contributed by atoms with Crippen molar-refractivity contribution in [2.24, 2.45) is 0 Å². The minimum atomic E-state index is -4.44. The molecule has 0 unspecified atom stereocenters. The standard InChI is InChI=1S/C9H10ClF3N2O/c1-14-2-3-16-8-7(10)4-6(5-15-8)9(11,12)13/h4-5,14H,2-3H2,1H3. The van der Waals surface area contributed by atoms with E-state index in [1.54, 1.807) is 7.05 Å². The molecule has 0 aliphatic heterocycles. The Morgan fingerprint density at radius 2 is 2.19 bits per heavy atom. The number of halogens is 4.